The lowest BCUT2D eigenvalue weighted by molar-refractivity contribution is -0.142. The van der Waals surface area contributed by atoms with Crippen molar-refractivity contribution in [1.29, 1.82) is 0 Å². The Bertz CT molecular complexity index is 1400. The molecule has 0 radical (unpaired) electrons. The van der Waals surface area contributed by atoms with Gasteiger partial charge in [-0.05, 0) is 60.4 Å². The van der Waals surface area contributed by atoms with Crippen molar-refractivity contribution in [3.8, 4) is 5.75 Å². The summed E-state index contributed by atoms with van der Waals surface area (Å²) in [5.74, 6) is -0.958. The van der Waals surface area contributed by atoms with Crippen molar-refractivity contribution < 1.29 is 19.1 Å². The van der Waals surface area contributed by atoms with Crippen LogP contribution in [0.3, 0.4) is 0 Å². The fourth-order valence-electron chi connectivity index (χ4n) is 5.02. The maximum absolute atomic E-state index is 13.9. The van der Waals surface area contributed by atoms with Crippen molar-refractivity contribution in [2.75, 3.05) is 0 Å². The van der Waals surface area contributed by atoms with Crippen LogP contribution in [0.1, 0.15) is 49.3 Å². The van der Waals surface area contributed by atoms with Crippen molar-refractivity contribution in [3.63, 3.8) is 0 Å². The van der Waals surface area contributed by atoms with E-state index < -0.39 is 6.04 Å². The number of aromatic nitrogens is 3. The van der Waals surface area contributed by atoms with Gasteiger partial charge in [0.1, 0.15) is 29.7 Å². The van der Waals surface area contributed by atoms with Crippen molar-refractivity contribution in [3.05, 3.63) is 89.7 Å². The number of carbonyl (C=O) groups is 2. The summed E-state index contributed by atoms with van der Waals surface area (Å²) in [6, 6.07) is 18.6. The van der Waals surface area contributed by atoms with Crippen LogP contribution in [-0.4, -0.2) is 42.9 Å². The third kappa shape index (κ3) is 5.82. The molecule has 1 heterocycles. The molecule has 1 fully saturated rings. The topological polar surface area (TPSA) is 100 Å². The van der Waals surface area contributed by atoms with Gasteiger partial charge in [-0.1, -0.05) is 60.9 Å². The molecule has 1 saturated carbocycles. The van der Waals surface area contributed by atoms with E-state index in [2.05, 4.69) is 15.6 Å². The summed E-state index contributed by atoms with van der Waals surface area (Å²) in [6.07, 6.45) is 5.03. The number of nitrogens with one attached hydrogen (secondary N) is 1. The molecule has 196 valence electrons. The Balaban J connectivity index is 1.51. The Morgan fingerprint density at radius 2 is 1.71 bits per heavy atom. The minimum absolute atomic E-state index is 0.0397. The zero-order chi connectivity index (χ0) is 26.5. The molecule has 2 N–H and O–H groups in total. The Morgan fingerprint density at radius 3 is 2.45 bits per heavy atom. The van der Waals surface area contributed by atoms with Gasteiger partial charge in [0, 0.05) is 12.6 Å². The second-order valence-electron chi connectivity index (χ2n) is 9.72. The van der Waals surface area contributed by atoms with Gasteiger partial charge >= 0.3 is 0 Å². The van der Waals surface area contributed by atoms with Gasteiger partial charge in [0.2, 0.25) is 11.8 Å². The van der Waals surface area contributed by atoms with Crippen LogP contribution in [0.5, 0.6) is 5.75 Å². The number of phenolic OH excluding ortho intramolecular Hbond substituents is 1. The number of amides is 2. The minimum Gasteiger partial charge on any atom is -0.508 e. The van der Waals surface area contributed by atoms with E-state index in [1.165, 1.54) is 33.8 Å². The number of hydrogen-bond acceptors (Lipinski definition) is 5. The molecule has 3 aromatic carbocycles. The van der Waals surface area contributed by atoms with Crippen LogP contribution >= 0.6 is 0 Å². The third-order valence-corrected chi connectivity index (χ3v) is 7.01. The predicted octanol–water partition coefficient (Wildman–Crippen LogP) is 4.50. The standard InChI is InChI=1S/C29H30FN5O3/c30-22-14-10-20(11-15-22)18-34(27(37)19-35-26-9-5-4-8-25(26)32-33-35)28(21-12-16-24(36)17-13-21)29(38)31-23-6-2-1-3-7-23/h4-5,8-17,23,28,36H,1-3,6-7,18-19H2,(H,31,38). The molecule has 0 bridgehead atoms. The lowest BCUT2D eigenvalue weighted by Crippen LogP contribution is -2.47. The first-order chi connectivity index (χ1) is 18.5. The summed E-state index contributed by atoms with van der Waals surface area (Å²) < 4.78 is 15.2. The molecule has 5 rings (SSSR count). The highest BCUT2D eigenvalue weighted by molar-refractivity contribution is 5.89. The second-order valence-corrected chi connectivity index (χ2v) is 9.72. The zero-order valence-corrected chi connectivity index (χ0v) is 21.0. The third-order valence-electron chi connectivity index (χ3n) is 7.01. The number of carbonyl (C=O) groups excluding carboxylic acids is 2. The predicted molar refractivity (Wildman–Crippen MR) is 140 cm³/mol. The molecule has 1 atom stereocenters. The van der Waals surface area contributed by atoms with E-state index in [4.69, 9.17) is 0 Å². The first kappa shape index (κ1) is 25.4. The van der Waals surface area contributed by atoms with Crippen molar-refractivity contribution in [2.24, 2.45) is 0 Å². The first-order valence-corrected chi connectivity index (χ1v) is 12.9. The summed E-state index contributed by atoms with van der Waals surface area (Å²) in [6.45, 7) is -0.0532. The summed E-state index contributed by atoms with van der Waals surface area (Å²) in [7, 11) is 0. The Morgan fingerprint density at radius 1 is 1.00 bits per heavy atom. The van der Waals surface area contributed by atoms with Gasteiger partial charge in [-0.15, -0.1) is 5.10 Å². The van der Waals surface area contributed by atoms with Gasteiger partial charge in [0.15, 0.2) is 0 Å². The van der Waals surface area contributed by atoms with E-state index in [-0.39, 0.29) is 42.5 Å². The molecule has 1 unspecified atom stereocenters. The van der Waals surface area contributed by atoms with Gasteiger partial charge in [-0.2, -0.15) is 0 Å². The quantitative estimate of drug-likeness (QED) is 0.360. The van der Waals surface area contributed by atoms with Crippen LogP contribution < -0.4 is 5.32 Å². The molecule has 0 spiro atoms. The van der Waals surface area contributed by atoms with Crippen LogP contribution in [0.25, 0.3) is 11.0 Å². The van der Waals surface area contributed by atoms with Crippen molar-refractivity contribution >= 4 is 22.8 Å². The van der Waals surface area contributed by atoms with Gasteiger partial charge in [0.25, 0.3) is 0 Å². The van der Waals surface area contributed by atoms with Crippen LogP contribution in [0.4, 0.5) is 4.39 Å². The Kier molecular flexibility index (Phi) is 7.62. The van der Waals surface area contributed by atoms with E-state index in [9.17, 15) is 19.1 Å². The van der Waals surface area contributed by atoms with Crippen molar-refractivity contribution in [2.45, 2.75) is 57.3 Å². The molecule has 1 aromatic heterocycles. The number of fused-ring (bicyclic) bond motifs is 1. The summed E-state index contributed by atoms with van der Waals surface area (Å²) in [4.78, 5) is 29.3. The van der Waals surface area contributed by atoms with E-state index in [1.807, 2.05) is 24.3 Å². The number of para-hydroxylation sites is 1. The van der Waals surface area contributed by atoms with Gasteiger partial charge in [-0.25, -0.2) is 9.07 Å². The van der Waals surface area contributed by atoms with E-state index >= 15 is 0 Å². The number of halogens is 1. The number of aromatic hydroxyl groups is 1. The Labute approximate surface area is 220 Å². The molecule has 9 heteroatoms. The average Bonchev–Trinajstić information content (AvgIpc) is 3.33. The molecule has 8 nitrogen and oxygen atoms in total. The van der Waals surface area contributed by atoms with Crippen LogP contribution in [-0.2, 0) is 22.7 Å². The number of phenols is 1. The molecule has 38 heavy (non-hydrogen) atoms. The lowest BCUT2D eigenvalue weighted by atomic mass is 9.94. The van der Waals surface area contributed by atoms with Crippen molar-refractivity contribution in [1.82, 2.24) is 25.2 Å². The smallest absolute Gasteiger partial charge is 0.247 e. The Hall–Kier alpha value is -4.27. The molecular formula is C29H30FN5O3. The largest absolute Gasteiger partial charge is 0.508 e. The number of rotatable bonds is 8. The maximum Gasteiger partial charge on any atom is 0.247 e. The monoisotopic (exact) mass is 515 g/mol. The second kappa shape index (κ2) is 11.4. The molecule has 1 aliphatic carbocycles. The van der Waals surface area contributed by atoms with Gasteiger partial charge in [-0.3, -0.25) is 9.59 Å². The van der Waals surface area contributed by atoms with E-state index in [1.54, 1.807) is 24.3 Å². The highest BCUT2D eigenvalue weighted by Gasteiger charge is 2.33. The minimum atomic E-state index is -0.968. The molecule has 2 amide bonds. The van der Waals surface area contributed by atoms with Crippen LogP contribution in [0.2, 0.25) is 0 Å². The molecule has 0 aliphatic heterocycles. The van der Waals surface area contributed by atoms with Crippen LogP contribution in [0.15, 0.2) is 72.8 Å². The zero-order valence-electron chi connectivity index (χ0n) is 21.0. The SMILES string of the molecule is O=C(NC1CCCCC1)C(c1ccc(O)cc1)N(Cc1ccc(F)cc1)C(=O)Cn1nnc2ccccc21. The number of nitrogens with zero attached hydrogens (tertiary/aromatic N) is 4. The average molecular weight is 516 g/mol. The van der Waals surface area contributed by atoms with E-state index in [0.717, 1.165) is 32.1 Å². The summed E-state index contributed by atoms with van der Waals surface area (Å²) in [5, 5.41) is 21.3. The fraction of sp³-hybridized carbons (Fsp3) is 0.310. The van der Waals surface area contributed by atoms with Gasteiger partial charge in [0.05, 0.1) is 5.52 Å². The normalized spacial score (nSPS) is 14.8. The molecule has 0 saturated heterocycles. The molecule has 1 aliphatic rings. The highest BCUT2D eigenvalue weighted by atomic mass is 19.1. The summed E-state index contributed by atoms with van der Waals surface area (Å²) >= 11 is 0. The first-order valence-electron chi connectivity index (χ1n) is 12.9. The molecular weight excluding hydrogens is 485 g/mol. The fourth-order valence-corrected chi connectivity index (χ4v) is 5.02. The van der Waals surface area contributed by atoms with Gasteiger partial charge < -0.3 is 15.3 Å². The highest BCUT2D eigenvalue weighted by Crippen LogP contribution is 2.28. The maximum atomic E-state index is 13.9. The number of benzene rings is 3. The lowest BCUT2D eigenvalue weighted by Gasteiger charge is -2.33. The summed E-state index contributed by atoms with van der Waals surface area (Å²) in [5.41, 5.74) is 2.61. The number of hydrogen-bond donors (Lipinski definition) is 2. The molecule has 4 aromatic rings. The van der Waals surface area contributed by atoms with Crippen LogP contribution in [0, 0.1) is 5.82 Å². The van der Waals surface area contributed by atoms with E-state index in [0.29, 0.717) is 22.2 Å².